The van der Waals surface area contributed by atoms with Crippen LogP contribution in [0.15, 0.2) is 42.5 Å². The van der Waals surface area contributed by atoms with Gasteiger partial charge in [0.05, 0.1) is 6.42 Å². The minimum Gasteiger partial charge on any atom is -0.352 e. The van der Waals surface area contributed by atoms with Gasteiger partial charge in [0.25, 0.3) is 0 Å². The molecule has 5 heteroatoms. The lowest BCUT2D eigenvalue weighted by atomic mass is 10.0. The minimum atomic E-state index is -0.581. The first-order chi connectivity index (χ1) is 14.2. The van der Waals surface area contributed by atoms with E-state index in [2.05, 4.69) is 11.4 Å². The van der Waals surface area contributed by atoms with Crippen LogP contribution in [0.4, 0.5) is 4.39 Å². The summed E-state index contributed by atoms with van der Waals surface area (Å²) in [6.07, 6.45) is 1.54. The van der Waals surface area contributed by atoms with Crippen molar-refractivity contribution < 1.29 is 14.0 Å². The second kappa shape index (κ2) is 10.9. The molecule has 0 aliphatic rings. The highest BCUT2D eigenvalue weighted by molar-refractivity contribution is 5.88. The second-order valence-electron chi connectivity index (χ2n) is 8.06. The van der Waals surface area contributed by atoms with E-state index in [4.69, 9.17) is 0 Å². The number of hydrogen-bond acceptors (Lipinski definition) is 2. The van der Waals surface area contributed by atoms with E-state index in [9.17, 15) is 14.0 Å². The van der Waals surface area contributed by atoms with Crippen molar-refractivity contribution in [1.82, 2.24) is 10.2 Å². The highest BCUT2D eigenvalue weighted by atomic mass is 19.1. The summed E-state index contributed by atoms with van der Waals surface area (Å²) >= 11 is 0. The Hall–Kier alpha value is -2.69. The first-order valence-electron chi connectivity index (χ1n) is 10.6. The van der Waals surface area contributed by atoms with E-state index in [1.165, 1.54) is 12.1 Å². The molecule has 0 fully saturated rings. The molecule has 0 radical (unpaired) electrons. The number of amides is 2. The Morgan fingerprint density at radius 2 is 1.57 bits per heavy atom. The van der Waals surface area contributed by atoms with E-state index < -0.39 is 6.04 Å². The Kier molecular flexibility index (Phi) is 8.58. The van der Waals surface area contributed by atoms with Crippen molar-refractivity contribution in [3.8, 4) is 0 Å². The van der Waals surface area contributed by atoms with Crippen LogP contribution in [0, 0.1) is 19.7 Å². The van der Waals surface area contributed by atoms with Gasteiger partial charge in [-0.15, -0.1) is 0 Å². The van der Waals surface area contributed by atoms with Gasteiger partial charge >= 0.3 is 0 Å². The highest BCUT2D eigenvalue weighted by Gasteiger charge is 2.29. The molecule has 0 spiro atoms. The number of aryl methyl sites for hydroxylation is 2. The third-order valence-electron chi connectivity index (χ3n) is 5.29. The minimum absolute atomic E-state index is 0.0359. The van der Waals surface area contributed by atoms with Crippen molar-refractivity contribution in [2.24, 2.45) is 0 Å². The van der Waals surface area contributed by atoms with E-state index in [-0.39, 0.29) is 36.6 Å². The fourth-order valence-corrected chi connectivity index (χ4v) is 3.59. The lowest BCUT2D eigenvalue weighted by molar-refractivity contribution is -0.141. The predicted molar refractivity (Wildman–Crippen MR) is 119 cm³/mol. The zero-order chi connectivity index (χ0) is 22.3. The molecule has 0 bridgehead atoms. The van der Waals surface area contributed by atoms with Gasteiger partial charge in [-0.1, -0.05) is 55.3 Å². The average molecular weight is 413 g/mol. The molecule has 0 unspecified atom stereocenters. The van der Waals surface area contributed by atoms with Crippen LogP contribution in [-0.4, -0.2) is 28.8 Å². The van der Waals surface area contributed by atoms with Gasteiger partial charge < -0.3 is 10.2 Å². The molecule has 2 atom stereocenters. The van der Waals surface area contributed by atoms with Crippen molar-refractivity contribution in [1.29, 1.82) is 0 Å². The maximum absolute atomic E-state index is 13.3. The van der Waals surface area contributed by atoms with Crippen LogP contribution >= 0.6 is 0 Å². The predicted octanol–water partition coefficient (Wildman–Crippen LogP) is 4.71. The number of halogens is 1. The van der Waals surface area contributed by atoms with Crippen LogP contribution in [0.3, 0.4) is 0 Å². The molecule has 2 rings (SSSR count). The fourth-order valence-electron chi connectivity index (χ4n) is 3.59. The topological polar surface area (TPSA) is 49.4 Å². The smallest absolute Gasteiger partial charge is 0.243 e. The standard InChI is InChI=1S/C25H33FN2O2/c1-6-19(5)27-25(30)23(7-2)28(16-20-8-10-22(26)11-9-20)24(29)15-21-13-17(3)12-18(4)14-21/h8-14,19,23H,6-7,15-16H2,1-5H3,(H,27,30)/t19-,23+/m0/s1. The molecule has 0 aromatic heterocycles. The lowest BCUT2D eigenvalue weighted by Gasteiger charge is -2.31. The second-order valence-corrected chi connectivity index (χ2v) is 8.06. The molecule has 0 heterocycles. The SMILES string of the molecule is CC[C@H](C(=O)N[C@@H](C)CC)N(Cc1ccc(F)cc1)C(=O)Cc1cc(C)cc(C)c1. The van der Waals surface area contributed by atoms with E-state index in [0.717, 1.165) is 28.7 Å². The Labute approximate surface area is 179 Å². The third kappa shape index (κ3) is 6.68. The van der Waals surface area contributed by atoms with Gasteiger partial charge in [-0.3, -0.25) is 9.59 Å². The number of nitrogens with zero attached hydrogens (tertiary/aromatic N) is 1. The first kappa shape index (κ1) is 23.6. The third-order valence-corrected chi connectivity index (χ3v) is 5.29. The lowest BCUT2D eigenvalue weighted by Crippen LogP contribution is -2.51. The van der Waals surface area contributed by atoms with Crippen LogP contribution in [0.5, 0.6) is 0 Å². The zero-order valence-corrected chi connectivity index (χ0v) is 18.7. The molecule has 2 aromatic carbocycles. The van der Waals surface area contributed by atoms with Gasteiger partial charge in [-0.05, 0) is 56.9 Å². The summed E-state index contributed by atoms with van der Waals surface area (Å²) in [6, 6.07) is 11.6. The number of carbonyl (C=O) groups excluding carboxylic acids is 2. The van der Waals surface area contributed by atoms with Gasteiger partial charge in [0, 0.05) is 12.6 Å². The van der Waals surface area contributed by atoms with Crippen LogP contribution in [0.2, 0.25) is 0 Å². The number of benzene rings is 2. The quantitative estimate of drug-likeness (QED) is 0.649. The molecule has 30 heavy (non-hydrogen) atoms. The molecule has 0 saturated carbocycles. The summed E-state index contributed by atoms with van der Waals surface area (Å²) in [4.78, 5) is 27.9. The van der Waals surface area contributed by atoms with E-state index in [1.54, 1.807) is 17.0 Å². The summed E-state index contributed by atoms with van der Waals surface area (Å²) in [6.45, 7) is 10.1. The Balaban J connectivity index is 2.31. The molecule has 2 aromatic rings. The largest absolute Gasteiger partial charge is 0.352 e. The first-order valence-corrected chi connectivity index (χ1v) is 10.6. The molecule has 4 nitrogen and oxygen atoms in total. The van der Waals surface area contributed by atoms with Crippen LogP contribution in [0.25, 0.3) is 0 Å². The van der Waals surface area contributed by atoms with E-state index >= 15 is 0 Å². The van der Waals surface area contributed by atoms with Crippen LogP contribution in [-0.2, 0) is 22.6 Å². The van der Waals surface area contributed by atoms with Gasteiger partial charge in [0.2, 0.25) is 11.8 Å². The molecule has 0 saturated heterocycles. The molecule has 1 N–H and O–H groups in total. The maximum Gasteiger partial charge on any atom is 0.243 e. The van der Waals surface area contributed by atoms with Crippen molar-refractivity contribution in [3.63, 3.8) is 0 Å². The fraction of sp³-hybridized carbons (Fsp3) is 0.440. The summed E-state index contributed by atoms with van der Waals surface area (Å²) in [5.74, 6) is -0.591. The Morgan fingerprint density at radius 1 is 0.967 bits per heavy atom. The van der Waals surface area contributed by atoms with Crippen molar-refractivity contribution in [2.45, 2.75) is 72.5 Å². The molecule has 162 valence electrons. The Morgan fingerprint density at radius 3 is 2.10 bits per heavy atom. The number of carbonyl (C=O) groups is 2. The van der Waals surface area contributed by atoms with E-state index in [0.29, 0.717) is 6.42 Å². The molecule has 0 aliphatic heterocycles. The monoisotopic (exact) mass is 412 g/mol. The highest BCUT2D eigenvalue weighted by Crippen LogP contribution is 2.17. The summed E-state index contributed by atoms with van der Waals surface area (Å²) in [7, 11) is 0. The summed E-state index contributed by atoms with van der Waals surface area (Å²) < 4.78 is 13.3. The number of hydrogen-bond donors (Lipinski definition) is 1. The van der Waals surface area contributed by atoms with Gasteiger partial charge in [-0.25, -0.2) is 4.39 Å². The van der Waals surface area contributed by atoms with Crippen LogP contribution < -0.4 is 5.32 Å². The normalized spacial score (nSPS) is 12.9. The van der Waals surface area contributed by atoms with Gasteiger partial charge in [0.15, 0.2) is 0 Å². The molecular formula is C25H33FN2O2. The maximum atomic E-state index is 13.3. The average Bonchev–Trinajstić information content (AvgIpc) is 2.68. The Bertz CT molecular complexity index is 844. The van der Waals surface area contributed by atoms with Crippen molar-refractivity contribution in [2.75, 3.05) is 0 Å². The molecule has 0 aliphatic carbocycles. The molecular weight excluding hydrogens is 379 g/mol. The van der Waals surface area contributed by atoms with Crippen molar-refractivity contribution in [3.05, 3.63) is 70.5 Å². The summed E-state index contributed by atoms with van der Waals surface area (Å²) in [5, 5.41) is 3.00. The molecule has 2 amide bonds. The van der Waals surface area contributed by atoms with E-state index in [1.807, 2.05) is 46.8 Å². The zero-order valence-electron chi connectivity index (χ0n) is 18.7. The van der Waals surface area contributed by atoms with Crippen LogP contribution in [0.1, 0.15) is 55.9 Å². The van der Waals surface area contributed by atoms with Crippen molar-refractivity contribution >= 4 is 11.8 Å². The van der Waals surface area contributed by atoms with Gasteiger partial charge in [-0.2, -0.15) is 0 Å². The summed E-state index contributed by atoms with van der Waals surface area (Å²) in [5.41, 5.74) is 3.92. The number of rotatable bonds is 9. The number of nitrogens with one attached hydrogen (secondary N) is 1. The van der Waals surface area contributed by atoms with Gasteiger partial charge in [0.1, 0.15) is 11.9 Å².